The number of carbonyl (C=O) groups excluding carboxylic acids is 1. The van der Waals surface area contributed by atoms with Gasteiger partial charge in [0.05, 0.1) is 12.0 Å². The summed E-state index contributed by atoms with van der Waals surface area (Å²) in [4.78, 5) is 24.2. The van der Waals surface area contributed by atoms with Crippen molar-refractivity contribution < 1.29 is 14.5 Å². The van der Waals surface area contributed by atoms with E-state index in [2.05, 4.69) is 9.84 Å². The first kappa shape index (κ1) is 16.9. The van der Waals surface area contributed by atoms with E-state index in [9.17, 15) is 14.9 Å². The van der Waals surface area contributed by atoms with E-state index in [1.165, 1.54) is 11.8 Å². The molecule has 1 aromatic rings. The zero-order valence-corrected chi connectivity index (χ0v) is 13.3. The molecule has 0 aliphatic carbocycles. The Hall–Kier alpha value is -2.12. The molecular weight excluding hydrogens is 276 g/mol. The van der Waals surface area contributed by atoms with Crippen LogP contribution >= 0.6 is 0 Å². The van der Waals surface area contributed by atoms with E-state index in [0.29, 0.717) is 11.5 Å². The molecule has 0 fully saturated rings. The molecule has 0 aromatic carbocycles. The van der Waals surface area contributed by atoms with Crippen molar-refractivity contribution in [3.05, 3.63) is 15.8 Å². The van der Waals surface area contributed by atoms with E-state index < -0.39 is 10.9 Å². The van der Waals surface area contributed by atoms with Crippen LogP contribution in [0.2, 0.25) is 0 Å². The van der Waals surface area contributed by atoms with Crippen LogP contribution in [0.15, 0.2) is 0 Å². The SMILES string of the molecule is COC(=O)CN(c1c([N+](=O)[O-])c(C(C)C)nn1C)C(C)C. The van der Waals surface area contributed by atoms with Gasteiger partial charge >= 0.3 is 11.7 Å². The predicted octanol–water partition coefficient (Wildman–Crippen LogP) is 1.84. The number of esters is 1. The van der Waals surface area contributed by atoms with Crippen LogP contribution in [0.5, 0.6) is 0 Å². The fourth-order valence-corrected chi connectivity index (χ4v) is 2.12. The van der Waals surface area contributed by atoms with Crippen molar-refractivity contribution in [1.29, 1.82) is 0 Å². The third kappa shape index (κ3) is 3.50. The number of carbonyl (C=O) groups is 1. The van der Waals surface area contributed by atoms with Gasteiger partial charge in [0.2, 0.25) is 5.82 Å². The normalized spacial score (nSPS) is 11.0. The minimum atomic E-state index is -0.453. The van der Waals surface area contributed by atoms with Crippen LogP contribution in [0.25, 0.3) is 0 Å². The number of rotatable bonds is 6. The largest absolute Gasteiger partial charge is 0.468 e. The van der Waals surface area contributed by atoms with Gasteiger partial charge in [-0.1, -0.05) is 13.8 Å². The Kier molecular flexibility index (Phi) is 5.28. The number of anilines is 1. The van der Waals surface area contributed by atoms with Crippen molar-refractivity contribution in [3.63, 3.8) is 0 Å². The summed E-state index contributed by atoms with van der Waals surface area (Å²) in [6.45, 7) is 7.34. The van der Waals surface area contributed by atoms with Gasteiger partial charge in [-0.05, 0) is 13.8 Å². The average Bonchev–Trinajstić information content (AvgIpc) is 2.73. The number of aryl methyl sites for hydroxylation is 1. The lowest BCUT2D eigenvalue weighted by molar-refractivity contribution is -0.385. The first-order chi connectivity index (χ1) is 9.70. The third-order valence-electron chi connectivity index (χ3n) is 3.17. The maximum atomic E-state index is 11.6. The molecule has 21 heavy (non-hydrogen) atoms. The first-order valence-electron chi connectivity index (χ1n) is 6.75. The summed E-state index contributed by atoms with van der Waals surface area (Å²) in [5.74, 6) is -0.216. The number of hydrogen-bond acceptors (Lipinski definition) is 6. The summed E-state index contributed by atoms with van der Waals surface area (Å²) >= 11 is 0. The van der Waals surface area contributed by atoms with Gasteiger partial charge in [-0.3, -0.25) is 14.9 Å². The lowest BCUT2D eigenvalue weighted by Crippen LogP contribution is -2.38. The van der Waals surface area contributed by atoms with Gasteiger partial charge in [0.25, 0.3) is 0 Å². The minimum absolute atomic E-state index is 0.0508. The summed E-state index contributed by atoms with van der Waals surface area (Å²) in [6.07, 6.45) is 0. The van der Waals surface area contributed by atoms with Crippen LogP contribution < -0.4 is 4.90 Å². The number of hydrogen-bond donors (Lipinski definition) is 0. The Labute approximate surface area is 123 Å². The summed E-state index contributed by atoms with van der Waals surface area (Å²) in [6, 6.07) is -0.113. The smallest absolute Gasteiger partial charge is 0.334 e. The molecule has 1 aromatic heterocycles. The summed E-state index contributed by atoms with van der Waals surface area (Å²) < 4.78 is 6.12. The van der Waals surface area contributed by atoms with Crippen LogP contribution in [0, 0.1) is 10.1 Å². The van der Waals surface area contributed by atoms with Crippen molar-refractivity contribution in [3.8, 4) is 0 Å². The molecule has 8 nitrogen and oxygen atoms in total. The van der Waals surface area contributed by atoms with Gasteiger partial charge < -0.3 is 9.64 Å². The predicted molar refractivity (Wildman–Crippen MR) is 78.4 cm³/mol. The fourth-order valence-electron chi connectivity index (χ4n) is 2.12. The Morgan fingerprint density at radius 3 is 2.38 bits per heavy atom. The van der Waals surface area contributed by atoms with Gasteiger partial charge in [-0.25, -0.2) is 4.68 Å². The zero-order chi connectivity index (χ0) is 16.3. The van der Waals surface area contributed by atoms with Crippen molar-refractivity contribution in [2.45, 2.75) is 39.7 Å². The van der Waals surface area contributed by atoms with Crippen molar-refractivity contribution in [2.75, 3.05) is 18.6 Å². The monoisotopic (exact) mass is 298 g/mol. The Balaban J connectivity index is 3.43. The van der Waals surface area contributed by atoms with Gasteiger partial charge in [0.1, 0.15) is 12.2 Å². The summed E-state index contributed by atoms with van der Waals surface area (Å²) in [7, 11) is 2.93. The average molecular weight is 298 g/mol. The molecule has 0 bridgehead atoms. The zero-order valence-electron chi connectivity index (χ0n) is 13.3. The van der Waals surface area contributed by atoms with E-state index in [1.807, 2.05) is 27.7 Å². The second-order valence-corrected chi connectivity index (χ2v) is 5.39. The lowest BCUT2D eigenvalue weighted by atomic mass is 10.1. The molecule has 0 unspecified atom stereocenters. The van der Waals surface area contributed by atoms with Crippen LogP contribution in [-0.4, -0.2) is 40.4 Å². The summed E-state index contributed by atoms with van der Waals surface area (Å²) in [5.41, 5.74) is 0.359. The Morgan fingerprint density at radius 1 is 1.43 bits per heavy atom. The lowest BCUT2D eigenvalue weighted by Gasteiger charge is -2.26. The first-order valence-corrected chi connectivity index (χ1v) is 6.75. The molecule has 0 saturated carbocycles. The molecular formula is C13H22N4O4. The molecule has 8 heteroatoms. The Bertz CT molecular complexity index is 537. The molecule has 0 N–H and O–H groups in total. The molecule has 1 heterocycles. The topological polar surface area (TPSA) is 90.5 Å². The number of methoxy groups -OCH3 is 1. The highest BCUT2D eigenvalue weighted by Gasteiger charge is 2.33. The molecule has 1 rings (SSSR count). The van der Waals surface area contributed by atoms with E-state index >= 15 is 0 Å². The van der Waals surface area contributed by atoms with E-state index in [4.69, 9.17) is 0 Å². The van der Waals surface area contributed by atoms with Gasteiger partial charge in [0.15, 0.2) is 0 Å². The third-order valence-corrected chi connectivity index (χ3v) is 3.17. The molecule has 0 saturated heterocycles. The van der Waals surface area contributed by atoms with Crippen molar-refractivity contribution in [2.24, 2.45) is 7.05 Å². The maximum absolute atomic E-state index is 11.6. The van der Waals surface area contributed by atoms with Crippen molar-refractivity contribution in [1.82, 2.24) is 9.78 Å². The standard InChI is InChI=1S/C13H22N4O4/c1-8(2)11-12(17(19)20)13(15(5)14-11)16(9(3)4)7-10(18)21-6/h8-9H,7H2,1-6H3. The molecule has 118 valence electrons. The van der Waals surface area contributed by atoms with Gasteiger partial charge in [-0.15, -0.1) is 0 Å². The quantitative estimate of drug-likeness (QED) is 0.452. The molecule has 0 atom stereocenters. The second kappa shape index (κ2) is 6.55. The van der Waals surface area contributed by atoms with E-state index in [1.54, 1.807) is 11.9 Å². The van der Waals surface area contributed by atoms with E-state index in [-0.39, 0.29) is 24.2 Å². The summed E-state index contributed by atoms with van der Waals surface area (Å²) in [5, 5.41) is 15.7. The maximum Gasteiger partial charge on any atom is 0.334 e. The molecule has 0 aliphatic rings. The van der Waals surface area contributed by atoms with Crippen LogP contribution in [-0.2, 0) is 16.6 Å². The van der Waals surface area contributed by atoms with Crippen molar-refractivity contribution >= 4 is 17.5 Å². The highest BCUT2D eigenvalue weighted by atomic mass is 16.6. The molecule has 0 amide bonds. The molecule has 0 aliphatic heterocycles. The number of nitrogens with zero attached hydrogens (tertiary/aromatic N) is 4. The van der Waals surface area contributed by atoms with Crippen LogP contribution in [0.1, 0.15) is 39.3 Å². The number of ether oxygens (including phenoxy) is 1. The van der Waals surface area contributed by atoms with Crippen LogP contribution in [0.4, 0.5) is 11.5 Å². The minimum Gasteiger partial charge on any atom is -0.468 e. The number of nitro groups is 1. The van der Waals surface area contributed by atoms with E-state index in [0.717, 1.165) is 0 Å². The van der Waals surface area contributed by atoms with Crippen LogP contribution in [0.3, 0.4) is 0 Å². The number of aromatic nitrogens is 2. The highest BCUT2D eigenvalue weighted by Crippen LogP contribution is 2.36. The molecule has 0 radical (unpaired) electrons. The fraction of sp³-hybridized carbons (Fsp3) is 0.692. The second-order valence-electron chi connectivity index (χ2n) is 5.39. The highest BCUT2D eigenvalue weighted by molar-refractivity contribution is 5.77. The van der Waals surface area contributed by atoms with Gasteiger partial charge in [-0.2, -0.15) is 5.10 Å². The van der Waals surface area contributed by atoms with Gasteiger partial charge in [0, 0.05) is 19.0 Å². The molecule has 0 spiro atoms. The Morgan fingerprint density at radius 2 is 2.00 bits per heavy atom.